The Labute approximate surface area is 114 Å². The van der Waals surface area contributed by atoms with Gasteiger partial charge in [0.2, 0.25) is 10.0 Å². The van der Waals surface area contributed by atoms with Crippen molar-refractivity contribution in [2.45, 2.75) is 11.0 Å². The Morgan fingerprint density at radius 1 is 1.45 bits per heavy atom. The van der Waals surface area contributed by atoms with Crippen LogP contribution in [0.5, 0.6) is 0 Å². The SMILES string of the molecule is NS(=O)(=O)c1ccc(NCC2COC(=O)O2)c(N=O)c1. The Kier molecular flexibility index (Phi) is 3.86. The van der Waals surface area contributed by atoms with Crippen molar-refractivity contribution in [1.82, 2.24) is 0 Å². The van der Waals surface area contributed by atoms with Gasteiger partial charge < -0.3 is 14.8 Å². The molecule has 10 heteroatoms. The summed E-state index contributed by atoms with van der Waals surface area (Å²) in [5.74, 6) is 0. The van der Waals surface area contributed by atoms with Crippen LogP contribution in [-0.4, -0.2) is 33.8 Å². The van der Waals surface area contributed by atoms with Gasteiger partial charge in [0, 0.05) is 0 Å². The minimum atomic E-state index is -3.91. The zero-order valence-corrected chi connectivity index (χ0v) is 10.9. The summed E-state index contributed by atoms with van der Waals surface area (Å²) in [7, 11) is -3.91. The number of nitrogens with one attached hydrogen (secondary N) is 1. The number of sulfonamides is 1. The number of benzene rings is 1. The number of nitroso groups, excluding NO2 is 1. The highest BCUT2D eigenvalue weighted by molar-refractivity contribution is 7.89. The van der Waals surface area contributed by atoms with Gasteiger partial charge in [0.05, 0.1) is 17.1 Å². The third kappa shape index (κ3) is 3.22. The molecule has 0 radical (unpaired) electrons. The van der Waals surface area contributed by atoms with Crippen LogP contribution >= 0.6 is 0 Å². The molecule has 2 rings (SSSR count). The summed E-state index contributed by atoms with van der Waals surface area (Å²) < 4.78 is 31.7. The number of nitrogens with zero attached hydrogens (tertiary/aromatic N) is 1. The van der Waals surface area contributed by atoms with Crippen molar-refractivity contribution in [1.29, 1.82) is 0 Å². The minimum absolute atomic E-state index is 0.102. The second kappa shape index (κ2) is 5.43. The first-order chi connectivity index (χ1) is 9.40. The van der Waals surface area contributed by atoms with Crippen LogP contribution in [-0.2, 0) is 19.5 Å². The third-order valence-corrected chi connectivity index (χ3v) is 3.48. The topological polar surface area (TPSA) is 137 Å². The first kappa shape index (κ1) is 14.2. The number of ether oxygens (including phenoxy) is 2. The van der Waals surface area contributed by atoms with E-state index in [2.05, 4.69) is 15.2 Å². The lowest BCUT2D eigenvalue weighted by atomic mass is 10.2. The maximum Gasteiger partial charge on any atom is 0.508 e. The Hall–Kier alpha value is -2.20. The van der Waals surface area contributed by atoms with Crippen LogP contribution in [0.2, 0.25) is 0 Å². The number of hydrogen-bond acceptors (Lipinski definition) is 8. The lowest BCUT2D eigenvalue weighted by molar-refractivity contribution is 0.120. The first-order valence-corrected chi connectivity index (χ1v) is 7.02. The second-order valence-electron chi connectivity index (χ2n) is 4.00. The molecule has 1 aromatic carbocycles. The van der Waals surface area contributed by atoms with Gasteiger partial charge in [0.25, 0.3) is 0 Å². The van der Waals surface area contributed by atoms with E-state index in [1.165, 1.54) is 12.1 Å². The zero-order valence-electron chi connectivity index (χ0n) is 10.1. The highest BCUT2D eigenvalue weighted by Gasteiger charge is 2.25. The van der Waals surface area contributed by atoms with Crippen LogP contribution in [0.15, 0.2) is 28.3 Å². The maximum absolute atomic E-state index is 11.2. The Morgan fingerprint density at radius 3 is 2.75 bits per heavy atom. The van der Waals surface area contributed by atoms with Gasteiger partial charge in [-0.15, -0.1) is 4.91 Å². The van der Waals surface area contributed by atoms with Gasteiger partial charge in [-0.1, -0.05) is 0 Å². The molecule has 0 amide bonds. The average molecular weight is 301 g/mol. The van der Waals surface area contributed by atoms with Gasteiger partial charge in [-0.05, 0) is 23.4 Å². The van der Waals surface area contributed by atoms with Crippen molar-refractivity contribution in [3.63, 3.8) is 0 Å². The predicted octanol–water partition coefficient (Wildman–Crippen LogP) is 0.679. The van der Waals surface area contributed by atoms with E-state index >= 15 is 0 Å². The van der Waals surface area contributed by atoms with E-state index in [0.29, 0.717) is 5.69 Å². The molecule has 1 aromatic rings. The number of rotatable bonds is 5. The van der Waals surface area contributed by atoms with Crippen LogP contribution in [0.4, 0.5) is 16.2 Å². The van der Waals surface area contributed by atoms with E-state index < -0.39 is 22.3 Å². The Morgan fingerprint density at radius 2 is 2.20 bits per heavy atom. The maximum atomic E-state index is 11.2. The van der Waals surface area contributed by atoms with Gasteiger partial charge >= 0.3 is 6.16 Å². The molecule has 1 heterocycles. The summed E-state index contributed by atoms with van der Waals surface area (Å²) in [6.45, 7) is 0.300. The highest BCUT2D eigenvalue weighted by atomic mass is 32.2. The van der Waals surface area contributed by atoms with Gasteiger partial charge in [-0.3, -0.25) is 0 Å². The molecule has 20 heavy (non-hydrogen) atoms. The molecule has 1 aliphatic rings. The van der Waals surface area contributed by atoms with Crippen molar-refractivity contribution >= 4 is 27.6 Å². The molecule has 0 aromatic heterocycles. The monoisotopic (exact) mass is 301 g/mol. The van der Waals surface area contributed by atoms with E-state index in [0.717, 1.165) is 6.07 Å². The molecular weight excluding hydrogens is 290 g/mol. The van der Waals surface area contributed by atoms with Gasteiger partial charge in [0.1, 0.15) is 12.3 Å². The quantitative estimate of drug-likeness (QED) is 0.602. The fourth-order valence-electron chi connectivity index (χ4n) is 1.60. The Balaban J connectivity index is 2.12. The van der Waals surface area contributed by atoms with Crippen molar-refractivity contribution in [3.05, 3.63) is 23.1 Å². The minimum Gasteiger partial charge on any atom is -0.430 e. The third-order valence-electron chi connectivity index (χ3n) is 2.57. The highest BCUT2D eigenvalue weighted by Crippen LogP contribution is 2.27. The number of cyclic esters (lactones) is 2. The summed E-state index contributed by atoms with van der Waals surface area (Å²) in [4.78, 5) is 21.2. The van der Waals surface area contributed by atoms with E-state index in [9.17, 15) is 18.1 Å². The molecule has 1 atom stereocenters. The van der Waals surface area contributed by atoms with E-state index in [1.54, 1.807) is 0 Å². The van der Waals surface area contributed by atoms with Crippen molar-refractivity contribution < 1.29 is 22.7 Å². The number of primary sulfonamides is 1. The first-order valence-electron chi connectivity index (χ1n) is 5.47. The molecule has 1 aliphatic heterocycles. The standard InChI is InChI=1S/C10H11N3O6S/c11-20(16,17)7-1-2-8(9(3-7)13-15)12-4-6-5-18-10(14)19-6/h1-3,6,12H,4-5H2,(H2,11,16,17). The van der Waals surface area contributed by atoms with E-state index in [1.807, 2.05) is 0 Å². The predicted molar refractivity (Wildman–Crippen MR) is 68.0 cm³/mol. The summed E-state index contributed by atoms with van der Waals surface area (Å²) in [6.07, 6.45) is -1.24. The largest absolute Gasteiger partial charge is 0.508 e. The molecule has 0 aliphatic carbocycles. The fourth-order valence-corrected chi connectivity index (χ4v) is 2.14. The van der Waals surface area contributed by atoms with Crippen LogP contribution < -0.4 is 10.5 Å². The van der Waals surface area contributed by atoms with Gasteiger partial charge in [-0.2, -0.15) is 0 Å². The number of hydrogen-bond donors (Lipinski definition) is 2. The smallest absolute Gasteiger partial charge is 0.430 e. The molecule has 9 nitrogen and oxygen atoms in total. The summed E-state index contributed by atoms with van der Waals surface area (Å²) >= 11 is 0. The zero-order chi connectivity index (χ0) is 14.8. The van der Waals surface area contributed by atoms with Gasteiger partial charge in [-0.25, -0.2) is 18.4 Å². The molecular formula is C10H11N3O6S. The normalized spacial score (nSPS) is 18.2. The number of carbonyl (C=O) groups is 1. The van der Waals surface area contributed by atoms with E-state index in [-0.39, 0.29) is 23.7 Å². The molecule has 1 unspecified atom stereocenters. The molecule has 1 saturated heterocycles. The molecule has 0 bridgehead atoms. The van der Waals surface area contributed by atoms with Crippen molar-refractivity contribution in [2.24, 2.45) is 10.3 Å². The average Bonchev–Trinajstić information content (AvgIpc) is 2.81. The summed E-state index contributed by atoms with van der Waals surface area (Å²) in [5.41, 5.74) is 0.192. The van der Waals surface area contributed by atoms with E-state index in [4.69, 9.17) is 9.88 Å². The second-order valence-corrected chi connectivity index (χ2v) is 5.56. The van der Waals surface area contributed by atoms with Crippen molar-refractivity contribution in [2.75, 3.05) is 18.5 Å². The molecule has 3 N–H and O–H groups in total. The van der Waals surface area contributed by atoms with Crippen LogP contribution in [0.1, 0.15) is 0 Å². The molecule has 1 fully saturated rings. The fraction of sp³-hybridized carbons (Fsp3) is 0.300. The van der Waals surface area contributed by atoms with Crippen LogP contribution in [0.25, 0.3) is 0 Å². The van der Waals surface area contributed by atoms with Crippen LogP contribution in [0, 0.1) is 4.91 Å². The summed E-state index contributed by atoms with van der Waals surface area (Å²) in [5, 5.41) is 10.5. The van der Waals surface area contributed by atoms with Crippen molar-refractivity contribution in [3.8, 4) is 0 Å². The van der Waals surface area contributed by atoms with Gasteiger partial charge in [0.15, 0.2) is 6.10 Å². The Bertz CT molecular complexity index is 644. The molecule has 0 spiro atoms. The lowest BCUT2D eigenvalue weighted by Gasteiger charge is -2.11. The van der Waals surface area contributed by atoms with Crippen LogP contribution in [0.3, 0.4) is 0 Å². The number of nitrogens with two attached hydrogens (primary N) is 1. The summed E-state index contributed by atoms with van der Waals surface area (Å²) in [6, 6.07) is 3.65. The molecule has 0 saturated carbocycles. The molecule has 108 valence electrons. The number of carbonyl (C=O) groups excluding carboxylic acids is 1. The number of anilines is 1. The lowest BCUT2D eigenvalue weighted by Crippen LogP contribution is -2.22.